The summed E-state index contributed by atoms with van der Waals surface area (Å²) >= 11 is 31.5. The van der Waals surface area contributed by atoms with Gasteiger partial charge in [-0.25, -0.2) is 9.97 Å². The highest BCUT2D eigenvalue weighted by molar-refractivity contribution is 6.54. The molecule has 12 heteroatoms. The molecule has 2 atom stereocenters. The lowest BCUT2D eigenvalue weighted by Gasteiger charge is -2.15. The van der Waals surface area contributed by atoms with Gasteiger partial charge in [0.05, 0.1) is 16.0 Å². The number of carbonyl (C=O) groups excluding carboxylic acids is 2. The van der Waals surface area contributed by atoms with Crippen LogP contribution in [0.1, 0.15) is 21.8 Å². The maximum absolute atomic E-state index is 12.6. The Morgan fingerprint density at radius 3 is 2.44 bits per heavy atom. The van der Waals surface area contributed by atoms with Gasteiger partial charge in [-0.1, -0.05) is 58.0 Å². The number of carbonyl (C=O) groups is 2. The van der Waals surface area contributed by atoms with E-state index in [2.05, 4.69) is 26.1 Å². The van der Waals surface area contributed by atoms with Crippen molar-refractivity contribution in [1.82, 2.24) is 15.4 Å². The third kappa shape index (κ3) is 4.76. The third-order valence-electron chi connectivity index (χ3n) is 5.53. The van der Waals surface area contributed by atoms with Crippen LogP contribution in [0, 0.1) is 5.41 Å². The van der Waals surface area contributed by atoms with Gasteiger partial charge in [-0.15, -0.1) is 0 Å². The van der Waals surface area contributed by atoms with E-state index < -0.39 is 21.6 Å². The zero-order valence-electron chi connectivity index (χ0n) is 17.2. The van der Waals surface area contributed by atoms with E-state index in [1.807, 2.05) is 0 Å². The summed E-state index contributed by atoms with van der Waals surface area (Å²) < 4.78 is -1.37. The second-order valence-electron chi connectivity index (χ2n) is 7.64. The largest absolute Gasteiger partial charge is 0.384 e. The fourth-order valence-electron chi connectivity index (χ4n) is 3.74. The maximum Gasteiger partial charge on any atom is 0.271 e. The molecule has 0 aliphatic heterocycles. The van der Waals surface area contributed by atoms with Crippen LogP contribution in [0.2, 0.25) is 15.1 Å². The van der Waals surface area contributed by atoms with Crippen LogP contribution in [0.3, 0.4) is 0 Å². The van der Waals surface area contributed by atoms with Crippen molar-refractivity contribution in [2.45, 2.75) is 10.3 Å². The average molecular weight is 560 g/mol. The number of benzene rings is 2. The summed E-state index contributed by atoms with van der Waals surface area (Å²) in [5, 5.41) is 4.19. The van der Waals surface area contributed by atoms with Crippen LogP contribution in [0.25, 0.3) is 0 Å². The molecule has 1 aliphatic rings. The van der Waals surface area contributed by atoms with Gasteiger partial charge >= 0.3 is 0 Å². The zero-order chi connectivity index (χ0) is 24.5. The van der Waals surface area contributed by atoms with Crippen molar-refractivity contribution >= 4 is 81.7 Å². The van der Waals surface area contributed by atoms with Crippen LogP contribution in [-0.2, 0) is 4.79 Å². The lowest BCUT2D eigenvalue weighted by molar-refractivity contribution is -0.112. The molecule has 1 aliphatic carbocycles. The van der Waals surface area contributed by atoms with Crippen LogP contribution < -0.4 is 16.2 Å². The summed E-state index contributed by atoms with van der Waals surface area (Å²) in [5.41, 5.74) is 5.45. The van der Waals surface area contributed by atoms with Gasteiger partial charge in [0.1, 0.15) is 22.8 Å². The van der Waals surface area contributed by atoms with E-state index >= 15 is 0 Å². The summed E-state index contributed by atoms with van der Waals surface area (Å²) in [6.45, 7) is 0.0974. The van der Waals surface area contributed by atoms with Crippen LogP contribution in [0.15, 0.2) is 55.0 Å². The van der Waals surface area contributed by atoms with Crippen molar-refractivity contribution in [1.29, 1.82) is 0 Å². The number of hydrazine groups is 1. The Kier molecular flexibility index (Phi) is 7.12. The number of nitrogens with one attached hydrogen (secondary N) is 3. The van der Waals surface area contributed by atoms with Crippen molar-refractivity contribution in [2.75, 3.05) is 17.3 Å². The SMILES string of the molecule is O=CC1(CNc2ccc(Cl)c(C(=O)NNc3ccncn3)c2)C(c2cc(Cl)cc(Cl)c2)C1(Cl)Cl. The number of alkyl halides is 2. The second kappa shape index (κ2) is 9.76. The number of halogens is 5. The number of aromatic nitrogens is 2. The van der Waals surface area contributed by atoms with Gasteiger partial charge in [0.25, 0.3) is 5.91 Å². The fraction of sp³-hybridized carbons (Fsp3) is 0.182. The molecule has 4 rings (SSSR count). The van der Waals surface area contributed by atoms with Gasteiger partial charge in [-0.2, -0.15) is 0 Å². The predicted molar refractivity (Wildman–Crippen MR) is 135 cm³/mol. The highest BCUT2D eigenvalue weighted by Gasteiger charge is 2.76. The minimum Gasteiger partial charge on any atom is -0.384 e. The zero-order valence-corrected chi connectivity index (χ0v) is 20.9. The number of nitrogens with zero attached hydrogens (tertiary/aromatic N) is 2. The van der Waals surface area contributed by atoms with Crippen molar-refractivity contribution < 1.29 is 9.59 Å². The van der Waals surface area contributed by atoms with Crippen LogP contribution in [0.5, 0.6) is 0 Å². The Morgan fingerprint density at radius 1 is 1.06 bits per heavy atom. The highest BCUT2D eigenvalue weighted by atomic mass is 35.5. The van der Waals surface area contributed by atoms with Crippen LogP contribution >= 0.6 is 58.0 Å². The third-order valence-corrected chi connectivity index (χ3v) is 7.43. The van der Waals surface area contributed by atoms with Crippen molar-refractivity contribution in [2.24, 2.45) is 5.41 Å². The van der Waals surface area contributed by atoms with Crippen molar-refractivity contribution in [3.05, 3.63) is 81.2 Å². The number of amides is 1. The molecule has 1 fully saturated rings. The van der Waals surface area contributed by atoms with Crippen molar-refractivity contribution in [3.63, 3.8) is 0 Å². The second-order valence-corrected chi connectivity index (χ2v) is 10.3. The molecule has 1 aromatic heterocycles. The molecular formula is C22H16Cl5N5O2. The van der Waals surface area contributed by atoms with E-state index in [0.29, 0.717) is 27.1 Å². The Morgan fingerprint density at radius 2 is 1.79 bits per heavy atom. The number of aldehydes is 1. The van der Waals surface area contributed by atoms with Gasteiger partial charge in [0, 0.05) is 40.5 Å². The Bertz CT molecular complexity index is 1220. The highest BCUT2D eigenvalue weighted by Crippen LogP contribution is 2.73. The molecule has 3 aromatic rings. The van der Waals surface area contributed by atoms with Gasteiger partial charge in [0.15, 0.2) is 0 Å². The molecule has 2 aromatic carbocycles. The molecule has 176 valence electrons. The molecule has 1 saturated carbocycles. The monoisotopic (exact) mass is 557 g/mol. The van der Waals surface area contributed by atoms with Gasteiger partial charge in [-0.3, -0.25) is 15.6 Å². The summed E-state index contributed by atoms with van der Waals surface area (Å²) in [6, 6.07) is 11.3. The summed E-state index contributed by atoms with van der Waals surface area (Å²) in [6.07, 6.45) is 3.60. The van der Waals surface area contributed by atoms with Gasteiger partial charge < -0.3 is 10.1 Å². The molecule has 7 nitrogen and oxygen atoms in total. The molecular weight excluding hydrogens is 544 g/mol. The van der Waals surface area contributed by atoms with E-state index in [-0.39, 0.29) is 17.1 Å². The number of rotatable bonds is 8. The number of hydrogen-bond acceptors (Lipinski definition) is 6. The first-order valence-corrected chi connectivity index (χ1v) is 11.7. The number of hydrogen-bond donors (Lipinski definition) is 3. The molecule has 2 unspecified atom stereocenters. The van der Waals surface area contributed by atoms with E-state index in [0.717, 1.165) is 6.29 Å². The van der Waals surface area contributed by atoms with Gasteiger partial charge in [-0.05, 0) is 42.0 Å². The first-order chi connectivity index (χ1) is 16.2. The summed E-state index contributed by atoms with van der Waals surface area (Å²) in [4.78, 5) is 32.5. The molecule has 0 bridgehead atoms. The lowest BCUT2D eigenvalue weighted by atomic mass is 10.00. The maximum atomic E-state index is 12.6. The van der Waals surface area contributed by atoms with E-state index in [4.69, 9.17) is 58.0 Å². The molecule has 0 spiro atoms. The standard InChI is InChI=1S/C22H16Cl5N5O2/c23-13-5-12(6-14(24)7-13)19-21(10-33,22(19,26)27)9-29-15-1-2-17(25)16(8-15)20(34)32-31-18-3-4-28-11-30-18/h1-8,10-11,19,29H,9H2,(H,32,34)(H,28,30,31). The molecule has 1 amide bonds. The molecule has 3 N–H and O–H groups in total. The predicted octanol–water partition coefficient (Wildman–Crippen LogP) is 5.76. The van der Waals surface area contributed by atoms with E-state index in [9.17, 15) is 9.59 Å². The Hall–Kier alpha value is -2.29. The average Bonchev–Trinajstić information content (AvgIpc) is 3.31. The minimum absolute atomic E-state index is 0.0974. The molecule has 0 saturated heterocycles. The molecule has 0 radical (unpaired) electrons. The van der Waals surface area contributed by atoms with Crippen LogP contribution in [0.4, 0.5) is 11.5 Å². The fourth-order valence-corrected chi connectivity index (χ4v) is 5.46. The minimum atomic E-state index is -1.37. The smallest absolute Gasteiger partial charge is 0.271 e. The summed E-state index contributed by atoms with van der Waals surface area (Å²) in [7, 11) is 0. The van der Waals surface area contributed by atoms with Gasteiger partial charge in [0.2, 0.25) is 0 Å². The Balaban J connectivity index is 1.49. The quantitative estimate of drug-likeness (QED) is 0.185. The van der Waals surface area contributed by atoms with E-state index in [1.165, 1.54) is 12.5 Å². The molecule has 34 heavy (non-hydrogen) atoms. The first-order valence-electron chi connectivity index (χ1n) is 9.84. The van der Waals surface area contributed by atoms with Crippen molar-refractivity contribution in [3.8, 4) is 0 Å². The molecule has 1 heterocycles. The topological polar surface area (TPSA) is 96.0 Å². The van der Waals surface area contributed by atoms with Crippen LogP contribution in [-0.4, -0.2) is 33.0 Å². The Labute approximate surface area is 220 Å². The summed E-state index contributed by atoms with van der Waals surface area (Å²) in [5.74, 6) is -0.612. The number of anilines is 2. The van der Waals surface area contributed by atoms with E-state index in [1.54, 1.807) is 42.5 Å². The lowest BCUT2D eigenvalue weighted by Crippen LogP contribution is -2.30. The first kappa shape index (κ1) is 24.8. The normalized spacial score (nSPS) is 20.3.